The second-order valence-electron chi connectivity index (χ2n) is 9.94. The van der Waals surface area contributed by atoms with Gasteiger partial charge in [-0.05, 0) is 62.5 Å². The van der Waals surface area contributed by atoms with Gasteiger partial charge in [-0.15, -0.1) is 11.3 Å². The van der Waals surface area contributed by atoms with Gasteiger partial charge in [-0.2, -0.15) is 5.10 Å². The molecule has 0 saturated carbocycles. The number of pyridine rings is 1. The van der Waals surface area contributed by atoms with E-state index in [0.29, 0.717) is 30.1 Å². The zero-order valence-corrected chi connectivity index (χ0v) is 23.9. The fraction of sp³-hybridized carbons (Fsp3) is 0.448. The third-order valence-electron chi connectivity index (χ3n) is 7.52. The molecule has 1 aliphatic rings. The number of carbonyl (C=O) groups excluding carboxylic acids is 1. The van der Waals surface area contributed by atoms with Crippen LogP contribution in [0.3, 0.4) is 0 Å². The van der Waals surface area contributed by atoms with E-state index >= 15 is 0 Å². The van der Waals surface area contributed by atoms with Crippen LogP contribution in [0, 0.1) is 0 Å². The number of aromatic nitrogens is 4. The average Bonchev–Trinajstić information content (AvgIpc) is 3.73. The third kappa shape index (κ3) is 5.83. The number of methoxy groups -OCH3 is 1. The molecule has 4 aromatic heterocycles. The molecule has 1 saturated heterocycles. The second-order valence-corrected chi connectivity index (χ2v) is 10.9. The van der Waals surface area contributed by atoms with Gasteiger partial charge in [-0.3, -0.25) is 9.69 Å². The molecule has 4 aromatic rings. The number of nitrogens with zero attached hydrogens (tertiary/aromatic N) is 6. The number of hydrogen-bond donors (Lipinski definition) is 1. The van der Waals surface area contributed by atoms with Crippen molar-refractivity contribution in [1.29, 1.82) is 0 Å². The Morgan fingerprint density at radius 2 is 2.08 bits per heavy atom. The number of thiophene rings is 1. The maximum Gasteiger partial charge on any atom is 0.251 e. The predicted octanol–water partition coefficient (Wildman–Crippen LogP) is 4.60. The fourth-order valence-electron chi connectivity index (χ4n) is 5.36. The molecule has 1 aliphatic heterocycles. The molecule has 1 amide bonds. The predicted molar refractivity (Wildman–Crippen MR) is 156 cm³/mol. The van der Waals surface area contributed by atoms with Gasteiger partial charge in [0.25, 0.3) is 5.91 Å². The van der Waals surface area contributed by atoms with E-state index in [1.165, 1.54) is 0 Å². The Hall–Kier alpha value is -3.34. The van der Waals surface area contributed by atoms with Crippen molar-refractivity contribution in [2.24, 2.45) is 0 Å². The largest absolute Gasteiger partial charge is 0.383 e. The van der Waals surface area contributed by atoms with Crippen LogP contribution in [0.2, 0.25) is 0 Å². The van der Waals surface area contributed by atoms with E-state index < -0.39 is 0 Å². The monoisotopic (exact) mass is 547 g/mol. The van der Waals surface area contributed by atoms with Gasteiger partial charge < -0.3 is 15.0 Å². The number of rotatable bonds is 11. The molecule has 2 atom stereocenters. The number of anilines is 1. The number of hydrogen-bond acceptors (Lipinski definition) is 8. The lowest BCUT2D eigenvalue weighted by atomic mass is 10.1. The first-order chi connectivity index (χ1) is 19.0. The summed E-state index contributed by atoms with van der Waals surface area (Å²) < 4.78 is 7.26. The van der Waals surface area contributed by atoms with Gasteiger partial charge >= 0.3 is 0 Å². The first-order valence-corrected chi connectivity index (χ1v) is 14.6. The molecule has 9 nitrogen and oxygen atoms in total. The van der Waals surface area contributed by atoms with Gasteiger partial charge in [0.05, 0.1) is 40.7 Å². The fourth-order valence-corrected chi connectivity index (χ4v) is 6.06. The van der Waals surface area contributed by atoms with Crippen LogP contribution >= 0.6 is 11.3 Å². The van der Waals surface area contributed by atoms with Crippen molar-refractivity contribution in [1.82, 2.24) is 29.8 Å². The van der Waals surface area contributed by atoms with Crippen LogP contribution in [-0.2, 0) is 4.74 Å². The van der Waals surface area contributed by atoms with E-state index in [-0.39, 0.29) is 18.0 Å². The molecule has 0 aliphatic carbocycles. The Morgan fingerprint density at radius 1 is 1.23 bits per heavy atom. The molecule has 10 heteroatoms. The number of fused-ring (bicyclic) bond motifs is 1. The van der Waals surface area contributed by atoms with Gasteiger partial charge in [0, 0.05) is 38.0 Å². The van der Waals surface area contributed by atoms with Crippen molar-refractivity contribution in [3.05, 3.63) is 53.7 Å². The van der Waals surface area contributed by atoms with Crippen LogP contribution in [0.5, 0.6) is 0 Å². The summed E-state index contributed by atoms with van der Waals surface area (Å²) in [5.41, 5.74) is 3.66. The number of amides is 1. The van der Waals surface area contributed by atoms with E-state index in [1.54, 1.807) is 29.2 Å². The van der Waals surface area contributed by atoms with Gasteiger partial charge in [-0.25, -0.2) is 14.5 Å². The van der Waals surface area contributed by atoms with Gasteiger partial charge in [0.2, 0.25) is 0 Å². The highest BCUT2D eigenvalue weighted by Gasteiger charge is 2.27. The Kier molecular flexibility index (Phi) is 8.54. The highest BCUT2D eigenvalue weighted by atomic mass is 32.1. The first kappa shape index (κ1) is 27.2. The summed E-state index contributed by atoms with van der Waals surface area (Å²) in [6.45, 7) is 10.4. The maximum absolute atomic E-state index is 13.5. The first-order valence-electron chi connectivity index (χ1n) is 13.7. The van der Waals surface area contributed by atoms with Gasteiger partial charge in [0.1, 0.15) is 5.82 Å². The quantitative estimate of drug-likeness (QED) is 0.294. The summed E-state index contributed by atoms with van der Waals surface area (Å²) in [7, 11) is 1.73. The van der Waals surface area contributed by atoms with Crippen LogP contribution in [-0.4, -0.2) is 82.4 Å². The minimum Gasteiger partial charge on any atom is -0.383 e. The van der Waals surface area contributed by atoms with Crippen LogP contribution in [0.1, 0.15) is 44.0 Å². The van der Waals surface area contributed by atoms with Crippen molar-refractivity contribution < 1.29 is 9.53 Å². The zero-order chi connectivity index (χ0) is 27.4. The second kappa shape index (κ2) is 12.2. The Bertz CT molecular complexity index is 1400. The number of ether oxygens (including phenoxy) is 1. The van der Waals surface area contributed by atoms with Crippen molar-refractivity contribution in [3.8, 4) is 21.8 Å². The number of likely N-dealkylation sites (N-methyl/N-ethyl adjacent to an activating group) is 1. The summed E-state index contributed by atoms with van der Waals surface area (Å²) in [6.07, 6.45) is 5.80. The third-order valence-corrected chi connectivity index (χ3v) is 8.41. The zero-order valence-electron chi connectivity index (χ0n) is 23.1. The average molecular weight is 548 g/mol. The van der Waals surface area contributed by atoms with E-state index in [0.717, 1.165) is 54.4 Å². The molecule has 0 aromatic carbocycles. The molecule has 1 N–H and O–H groups in total. The highest BCUT2D eigenvalue weighted by Crippen LogP contribution is 2.31. The molecule has 1 fully saturated rings. The van der Waals surface area contributed by atoms with Crippen molar-refractivity contribution in [3.63, 3.8) is 0 Å². The lowest BCUT2D eigenvalue weighted by Gasteiger charge is -2.27. The maximum atomic E-state index is 13.5. The van der Waals surface area contributed by atoms with Crippen molar-refractivity contribution >= 4 is 28.7 Å². The smallest absolute Gasteiger partial charge is 0.251 e. The topological polar surface area (TPSA) is 87.9 Å². The summed E-state index contributed by atoms with van der Waals surface area (Å²) in [4.78, 5) is 29.2. The van der Waals surface area contributed by atoms with Crippen molar-refractivity contribution in [2.75, 3.05) is 44.8 Å². The lowest BCUT2D eigenvalue weighted by molar-refractivity contribution is 0.0938. The molecule has 0 radical (unpaired) electrons. The molecule has 206 valence electrons. The van der Waals surface area contributed by atoms with Gasteiger partial charge in [-0.1, -0.05) is 19.9 Å². The minimum atomic E-state index is -0.106. The van der Waals surface area contributed by atoms with Crippen LogP contribution < -0.4 is 10.2 Å². The molecule has 0 bridgehead atoms. The van der Waals surface area contributed by atoms with E-state index in [4.69, 9.17) is 14.7 Å². The molecular formula is C29H37N7O2S. The Balaban J connectivity index is 1.53. The Morgan fingerprint density at radius 3 is 2.82 bits per heavy atom. The minimum absolute atomic E-state index is 0.106. The van der Waals surface area contributed by atoms with E-state index in [2.05, 4.69) is 47.1 Å². The van der Waals surface area contributed by atoms with Gasteiger partial charge in [0.15, 0.2) is 5.65 Å². The van der Waals surface area contributed by atoms with Crippen LogP contribution in [0.25, 0.3) is 27.5 Å². The molecule has 5 heterocycles. The van der Waals surface area contributed by atoms with E-state index in [1.807, 2.05) is 35.8 Å². The summed E-state index contributed by atoms with van der Waals surface area (Å²) >= 11 is 1.65. The van der Waals surface area contributed by atoms with E-state index in [9.17, 15) is 4.79 Å². The van der Waals surface area contributed by atoms with Crippen molar-refractivity contribution in [2.45, 2.75) is 45.7 Å². The number of nitrogens with one attached hydrogen (secondary N) is 1. The Labute approximate surface area is 233 Å². The lowest BCUT2D eigenvalue weighted by Crippen LogP contribution is -2.42. The molecule has 39 heavy (non-hydrogen) atoms. The highest BCUT2D eigenvalue weighted by molar-refractivity contribution is 7.13. The number of carbonyl (C=O) groups is 1. The molecule has 1 unspecified atom stereocenters. The summed E-state index contributed by atoms with van der Waals surface area (Å²) in [5.74, 6) is 0.674. The molecular weight excluding hydrogens is 510 g/mol. The molecule has 5 rings (SSSR count). The molecule has 0 spiro atoms. The normalized spacial score (nSPS) is 16.3. The standard InChI is InChI=1S/C29H37N7O2S/c1-5-34(6-2)20(3)17-30-29(37)21-15-25(32-27(16-21)35-12-7-9-22(35)19-38-4)23-18-31-36-13-11-24(33-28(23)36)26-10-8-14-39-26/h8,10-11,13-16,18,20,22H,5-7,9,12,17,19H2,1-4H3,(H,30,37)/t20?,22-/m1/s1. The summed E-state index contributed by atoms with van der Waals surface area (Å²) in [5, 5.41) is 9.74. The summed E-state index contributed by atoms with van der Waals surface area (Å²) in [6, 6.07) is 10.3. The van der Waals surface area contributed by atoms with Crippen LogP contribution in [0.4, 0.5) is 5.82 Å². The van der Waals surface area contributed by atoms with Crippen LogP contribution in [0.15, 0.2) is 48.1 Å². The SMILES string of the molecule is CCN(CC)C(C)CNC(=O)c1cc(-c2cnn3ccc(-c4cccs4)nc23)nc(N2CCC[C@@H]2COC)c1.